The summed E-state index contributed by atoms with van der Waals surface area (Å²) in [4.78, 5) is 13.0. The molecule has 98 valence electrons. The molecule has 2 nitrogen and oxygen atoms in total. The fraction of sp³-hybridized carbons (Fsp3) is 0.0714. The number of halogens is 2. The normalized spacial score (nSPS) is 10.3. The van der Waals surface area contributed by atoms with E-state index in [9.17, 15) is 9.18 Å². The Morgan fingerprint density at radius 2 is 2.00 bits per heavy atom. The van der Waals surface area contributed by atoms with Crippen LogP contribution in [0.1, 0.15) is 10.4 Å². The Bertz CT molecular complexity index is 618. The number of benzene rings is 2. The van der Waals surface area contributed by atoms with Crippen molar-refractivity contribution in [1.82, 2.24) is 0 Å². The summed E-state index contributed by atoms with van der Waals surface area (Å²) in [5.41, 5.74) is 1.01. The zero-order chi connectivity index (χ0) is 13.8. The summed E-state index contributed by atoms with van der Waals surface area (Å²) >= 11 is 4.60. The summed E-state index contributed by atoms with van der Waals surface area (Å²) in [7, 11) is 0. The highest BCUT2D eigenvalue weighted by molar-refractivity contribution is 9.10. The van der Waals surface area contributed by atoms with E-state index < -0.39 is 5.82 Å². The number of hydrogen-bond acceptors (Lipinski definition) is 2. The molecular formula is C14H11BrFNOS. The molecule has 0 radical (unpaired) electrons. The molecule has 0 aliphatic rings. The van der Waals surface area contributed by atoms with Crippen molar-refractivity contribution in [2.24, 2.45) is 0 Å². The molecule has 1 N–H and O–H groups in total. The van der Waals surface area contributed by atoms with Crippen LogP contribution >= 0.6 is 27.7 Å². The van der Waals surface area contributed by atoms with Crippen LogP contribution in [0.4, 0.5) is 10.1 Å². The lowest BCUT2D eigenvalue weighted by atomic mass is 10.2. The molecule has 5 heteroatoms. The average molecular weight is 340 g/mol. The van der Waals surface area contributed by atoms with Gasteiger partial charge in [0, 0.05) is 10.5 Å². The first-order valence-electron chi connectivity index (χ1n) is 5.51. The Balaban J connectivity index is 2.23. The molecule has 2 aromatic rings. The van der Waals surface area contributed by atoms with Gasteiger partial charge in [-0.2, -0.15) is 0 Å². The summed E-state index contributed by atoms with van der Waals surface area (Å²) in [5, 5.41) is 2.78. The molecule has 0 aromatic heterocycles. The standard InChI is InChI=1S/C14H11BrFNOS/c1-19-13-5-3-2-4-12(13)17-14(18)9-6-7-10(15)11(16)8-9/h2-8H,1H3,(H,17,18). The maximum absolute atomic E-state index is 13.4. The number of anilines is 1. The first-order valence-corrected chi connectivity index (χ1v) is 7.53. The number of hydrogen-bond donors (Lipinski definition) is 1. The van der Waals surface area contributed by atoms with Gasteiger partial charge in [0.2, 0.25) is 0 Å². The molecule has 0 bridgehead atoms. The van der Waals surface area contributed by atoms with E-state index in [1.54, 1.807) is 17.8 Å². The minimum Gasteiger partial charge on any atom is -0.321 e. The summed E-state index contributed by atoms with van der Waals surface area (Å²) in [6.45, 7) is 0. The monoisotopic (exact) mass is 339 g/mol. The second kappa shape index (κ2) is 6.21. The van der Waals surface area contributed by atoms with E-state index in [0.717, 1.165) is 10.6 Å². The van der Waals surface area contributed by atoms with Crippen molar-refractivity contribution < 1.29 is 9.18 Å². The zero-order valence-electron chi connectivity index (χ0n) is 10.1. The molecule has 0 atom stereocenters. The van der Waals surface area contributed by atoms with Gasteiger partial charge in [-0.05, 0) is 52.5 Å². The Kier molecular flexibility index (Phi) is 4.61. The molecule has 0 unspecified atom stereocenters. The van der Waals surface area contributed by atoms with Gasteiger partial charge in [-0.1, -0.05) is 12.1 Å². The van der Waals surface area contributed by atoms with Gasteiger partial charge in [0.25, 0.3) is 5.91 Å². The van der Waals surface area contributed by atoms with Crippen molar-refractivity contribution in [3.8, 4) is 0 Å². The molecule has 1 amide bonds. The molecule has 2 rings (SSSR count). The molecule has 0 heterocycles. The number of carbonyl (C=O) groups excluding carboxylic acids is 1. The second-order valence-corrected chi connectivity index (χ2v) is 5.49. The molecular weight excluding hydrogens is 329 g/mol. The number of carbonyl (C=O) groups is 1. The smallest absolute Gasteiger partial charge is 0.255 e. The summed E-state index contributed by atoms with van der Waals surface area (Å²) < 4.78 is 13.7. The van der Waals surface area contributed by atoms with Crippen LogP contribution in [0, 0.1) is 5.82 Å². The van der Waals surface area contributed by atoms with E-state index >= 15 is 0 Å². The quantitative estimate of drug-likeness (QED) is 0.830. The number of rotatable bonds is 3. The van der Waals surface area contributed by atoms with E-state index in [4.69, 9.17) is 0 Å². The van der Waals surface area contributed by atoms with Crippen LogP contribution in [0.5, 0.6) is 0 Å². The maximum Gasteiger partial charge on any atom is 0.255 e. The van der Waals surface area contributed by atoms with Crippen LogP contribution in [0.25, 0.3) is 0 Å². The van der Waals surface area contributed by atoms with Gasteiger partial charge >= 0.3 is 0 Å². The van der Waals surface area contributed by atoms with Crippen molar-refractivity contribution in [3.05, 3.63) is 58.3 Å². The van der Waals surface area contributed by atoms with Crippen LogP contribution in [-0.4, -0.2) is 12.2 Å². The van der Waals surface area contributed by atoms with Crippen LogP contribution in [0.3, 0.4) is 0 Å². The molecule has 19 heavy (non-hydrogen) atoms. The first-order chi connectivity index (χ1) is 9.11. The second-order valence-electron chi connectivity index (χ2n) is 3.78. The lowest BCUT2D eigenvalue weighted by Gasteiger charge is -2.09. The van der Waals surface area contributed by atoms with Crippen molar-refractivity contribution in [2.45, 2.75) is 4.90 Å². The van der Waals surface area contributed by atoms with Gasteiger partial charge in [-0.15, -0.1) is 11.8 Å². The molecule has 0 aliphatic heterocycles. The lowest BCUT2D eigenvalue weighted by Crippen LogP contribution is -2.12. The number of nitrogens with one attached hydrogen (secondary N) is 1. The minimum absolute atomic E-state index is 0.289. The first kappa shape index (κ1) is 14.1. The van der Waals surface area contributed by atoms with Crippen LogP contribution < -0.4 is 5.32 Å². The zero-order valence-corrected chi connectivity index (χ0v) is 12.5. The van der Waals surface area contributed by atoms with E-state index in [1.165, 1.54) is 12.1 Å². The van der Waals surface area contributed by atoms with Crippen molar-refractivity contribution >= 4 is 39.3 Å². The van der Waals surface area contributed by atoms with Crippen molar-refractivity contribution in [2.75, 3.05) is 11.6 Å². The molecule has 0 spiro atoms. The van der Waals surface area contributed by atoms with Gasteiger partial charge in [0.15, 0.2) is 0 Å². The number of amides is 1. The van der Waals surface area contributed by atoms with Gasteiger partial charge in [0.1, 0.15) is 5.82 Å². The average Bonchev–Trinajstić information content (AvgIpc) is 2.42. The van der Waals surface area contributed by atoms with E-state index in [1.807, 2.05) is 30.5 Å². The molecule has 0 saturated carbocycles. The lowest BCUT2D eigenvalue weighted by molar-refractivity contribution is 0.102. The Morgan fingerprint density at radius 3 is 2.68 bits per heavy atom. The minimum atomic E-state index is -0.453. The van der Waals surface area contributed by atoms with E-state index in [0.29, 0.717) is 4.47 Å². The number of thioether (sulfide) groups is 1. The Labute approximate surface area is 123 Å². The predicted octanol–water partition coefficient (Wildman–Crippen LogP) is 4.56. The maximum atomic E-state index is 13.4. The fourth-order valence-corrected chi connectivity index (χ4v) is 2.38. The van der Waals surface area contributed by atoms with Crippen LogP contribution in [-0.2, 0) is 0 Å². The number of para-hydroxylation sites is 1. The molecule has 0 aliphatic carbocycles. The van der Waals surface area contributed by atoms with Gasteiger partial charge in [-0.25, -0.2) is 4.39 Å². The SMILES string of the molecule is CSc1ccccc1NC(=O)c1ccc(Br)c(F)c1. The highest BCUT2D eigenvalue weighted by atomic mass is 79.9. The topological polar surface area (TPSA) is 29.1 Å². The van der Waals surface area contributed by atoms with Crippen LogP contribution in [0.15, 0.2) is 51.8 Å². The van der Waals surface area contributed by atoms with Gasteiger partial charge in [0.05, 0.1) is 10.2 Å². The summed E-state index contributed by atoms with van der Waals surface area (Å²) in [5.74, 6) is -0.779. The van der Waals surface area contributed by atoms with Crippen LogP contribution in [0.2, 0.25) is 0 Å². The predicted molar refractivity (Wildman–Crippen MR) is 80.3 cm³/mol. The van der Waals surface area contributed by atoms with Crippen molar-refractivity contribution in [1.29, 1.82) is 0 Å². The van der Waals surface area contributed by atoms with Gasteiger partial charge < -0.3 is 5.32 Å². The summed E-state index contributed by atoms with van der Waals surface area (Å²) in [6.07, 6.45) is 1.93. The van der Waals surface area contributed by atoms with E-state index in [2.05, 4.69) is 21.2 Å². The Hall–Kier alpha value is -1.33. The third-order valence-corrected chi connectivity index (χ3v) is 3.98. The third-order valence-electron chi connectivity index (χ3n) is 2.54. The molecule has 0 saturated heterocycles. The highest BCUT2D eigenvalue weighted by Crippen LogP contribution is 2.25. The van der Waals surface area contributed by atoms with E-state index in [-0.39, 0.29) is 11.5 Å². The van der Waals surface area contributed by atoms with Gasteiger partial charge in [-0.3, -0.25) is 4.79 Å². The molecule has 2 aromatic carbocycles. The third kappa shape index (κ3) is 3.36. The highest BCUT2D eigenvalue weighted by Gasteiger charge is 2.10. The largest absolute Gasteiger partial charge is 0.321 e. The molecule has 0 fully saturated rings. The fourth-order valence-electron chi connectivity index (χ4n) is 1.58. The van der Waals surface area contributed by atoms with Crippen molar-refractivity contribution in [3.63, 3.8) is 0 Å². The summed E-state index contributed by atoms with van der Waals surface area (Å²) in [6, 6.07) is 11.8. The Morgan fingerprint density at radius 1 is 1.26 bits per heavy atom.